The molecule has 0 amide bonds. The Hall–Kier alpha value is -1.03. The van der Waals surface area contributed by atoms with Gasteiger partial charge in [-0.25, -0.2) is 0 Å². The minimum absolute atomic E-state index is 0.110. The van der Waals surface area contributed by atoms with Gasteiger partial charge in [0.05, 0.1) is 0 Å². The largest absolute Gasteiger partial charge is 0.361 e. The van der Waals surface area contributed by atoms with E-state index in [0.29, 0.717) is 6.54 Å². The summed E-state index contributed by atoms with van der Waals surface area (Å²) in [6, 6.07) is 6.05. The third-order valence-corrected chi connectivity index (χ3v) is 4.79. The molecule has 0 radical (unpaired) electrons. The molecule has 4 heteroatoms. The van der Waals surface area contributed by atoms with Crippen LogP contribution in [0.25, 0.3) is 10.9 Å². The molecule has 3 rings (SSSR count). The molecule has 1 aromatic heterocycles. The van der Waals surface area contributed by atoms with Crippen molar-refractivity contribution in [2.24, 2.45) is 5.73 Å². The molecule has 2 heterocycles. The third kappa shape index (κ3) is 2.16. The second kappa shape index (κ2) is 4.82. The fourth-order valence-corrected chi connectivity index (χ4v) is 3.34. The van der Waals surface area contributed by atoms with Gasteiger partial charge in [-0.2, -0.15) is 0 Å². The van der Waals surface area contributed by atoms with Crippen molar-refractivity contribution in [1.82, 2.24) is 9.88 Å². The Bertz CT molecular complexity index is 582. The Morgan fingerprint density at radius 1 is 1.37 bits per heavy atom. The molecule has 0 saturated carbocycles. The molecule has 2 aromatic rings. The average Bonchev–Trinajstić information content (AvgIpc) is 2.83. The van der Waals surface area contributed by atoms with E-state index in [4.69, 9.17) is 17.3 Å². The van der Waals surface area contributed by atoms with E-state index in [1.165, 1.54) is 10.9 Å². The molecule has 19 heavy (non-hydrogen) atoms. The number of likely N-dealkylation sites (tertiary alicyclic amines) is 1. The quantitative estimate of drug-likeness (QED) is 0.887. The average molecular weight is 278 g/mol. The fourth-order valence-electron chi connectivity index (χ4n) is 3.17. The van der Waals surface area contributed by atoms with Crippen LogP contribution in [-0.4, -0.2) is 36.6 Å². The lowest BCUT2D eigenvalue weighted by Crippen LogP contribution is -2.45. The van der Waals surface area contributed by atoms with Gasteiger partial charge in [0.15, 0.2) is 0 Å². The van der Waals surface area contributed by atoms with Gasteiger partial charge in [0.25, 0.3) is 0 Å². The zero-order valence-electron chi connectivity index (χ0n) is 11.2. The van der Waals surface area contributed by atoms with E-state index in [0.717, 1.165) is 36.5 Å². The van der Waals surface area contributed by atoms with Crippen LogP contribution in [0.4, 0.5) is 0 Å². The number of halogens is 1. The SMILES string of the molecule is CN1CCC(CN)(c2c[nH]c3cc(Cl)ccc23)CC1. The van der Waals surface area contributed by atoms with E-state index >= 15 is 0 Å². The first-order valence-corrected chi connectivity index (χ1v) is 7.18. The van der Waals surface area contributed by atoms with E-state index in [2.05, 4.69) is 29.2 Å². The van der Waals surface area contributed by atoms with Gasteiger partial charge in [0, 0.05) is 34.1 Å². The molecule has 102 valence electrons. The fraction of sp³-hybridized carbons (Fsp3) is 0.467. The second-order valence-electron chi connectivity index (χ2n) is 5.68. The van der Waals surface area contributed by atoms with Crippen LogP contribution in [-0.2, 0) is 5.41 Å². The number of nitrogens with zero attached hydrogens (tertiary/aromatic N) is 1. The minimum atomic E-state index is 0.110. The predicted octanol–water partition coefficient (Wildman–Crippen LogP) is 2.74. The van der Waals surface area contributed by atoms with Gasteiger partial charge in [-0.1, -0.05) is 17.7 Å². The van der Waals surface area contributed by atoms with Crippen LogP contribution in [0, 0.1) is 0 Å². The molecule has 3 nitrogen and oxygen atoms in total. The lowest BCUT2D eigenvalue weighted by atomic mass is 9.73. The summed E-state index contributed by atoms with van der Waals surface area (Å²) in [5, 5.41) is 2.03. The van der Waals surface area contributed by atoms with Crippen LogP contribution in [0.5, 0.6) is 0 Å². The number of hydrogen-bond acceptors (Lipinski definition) is 2. The summed E-state index contributed by atoms with van der Waals surface area (Å²) in [6.07, 6.45) is 4.37. The number of piperidine rings is 1. The van der Waals surface area contributed by atoms with Crippen molar-refractivity contribution >= 4 is 22.5 Å². The van der Waals surface area contributed by atoms with Crippen molar-refractivity contribution < 1.29 is 0 Å². The molecule has 0 spiro atoms. The van der Waals surface area contributed by atoms with E-state index in [1.807, 2.05) is 12.1 Å². The first-order valence-electron chi connectivity index (χ1n) is 6.80. The van der Waals surface area contributed by atoms with Crippen molar-refractivity contribution in [3.8, 4) is 0 Å². The molecule has 0 unspecified atom stereocenters. The Labute approximate surface area is 118 Å². The van der Waals surface area contributed by atoms with E-state index < -0.39 is 0 Å². The number of fused-ring (bicyclic) bond motifs is 1. The molecular weight excluding hydrogens is 258 g/mol. The Balaban J connectivity index is 2.06. The van der Waals surface area contributed by atoms with E-state index in [1.54, 1.807) is 0 Å². The van der Waals surface area contributed by atoms with Gasteiger partial charge in [0.1, 0.15) is 0 Å². The highest BCUT2D eigenvalue weighted by Gasteiger charge is 2.35. The van der Waals surface area contributed by atoms with Crippen molar-refractivity contribution in [2.75, 3.05) is 26.7 Å². The molecule has 3 N–H and O–H groups in total. The maximum atomic E-state index is 6.14. The highest BCUT2D eigenvalue weighted by Crippen LogP contribution is 2.38. The molecule has 0 bridgehead atoms. The van der Waals surface area contributed by atoms with Crippen LogP contribution in [0.1, 0.15) is 18.4 Å². The highest BCUT2D eigenvalue weighted by molar-refractivity contribution is 6.31. The summed E-state index contributed by atoms with van der Waals surface area (Å²) in [4.78, 5) is 5.72. The summed E-state index contributed by atoms with van der Waals surface area (Å²) in [5.41, 5.74) is 8.71. The van der Waals surface area contributed by atoms with Gasteiger partial charge >= 0.3 is 0 Å². The summed E-state index contributed by atoms with van der Waals surface area (Å²) in [6.45, 7) is 2.92. The minimum Gasteiger partial charge on any atom is -0.361 e. The number of H-pyrrole nitrogens is 1. The maximum absolute atomic E-state index is 6.14. The highest BCUT2D eigenvalue weighted by atomic mass is 35.5. The Morgan fingerprint density at radius 2 is 2.11 bits per heavy atom. The first kappa shape index (κ1) is 13.0. The normalized spacial score (nSPS) is 19.9. The van der Waals surface area contributed by atoms with Crippen molar-refractivity contribution in [3.63, 3.8) is 0 Å². The number of nitrogens with two attached hydrogens (primary N) is 1. The summed E-state index contributed by atoms with van der Waals surface area (Å²) < 4.78 is 0. The molecule has 1 aliphatic rings. The van der Waals surface area contributed by atoms with E-state index in [9.17, 15) is 0 Å². The Kier molecular flexibility index (Phi) is 3.29. The lowest BCUT2D eigenvalue weighted by molar-refractivity contribution is 0.193. The van der Waals surface area contributed by atoms with Gasteiger partial charge in [-0.3, -0.25) is 0 Å². The van der Waals surface area contributed by atoms with Gasteiger partial charge in [-0.15, -0.1) is 0 Å². The van der Waals surface area contributed by atoms with Crippen LogP contribution in [0.15, 0.2) is 24.4 Å². The number of benzene rings is 1. The van der Waals surface area contributed by atoms with Gasteiger partial charge in [0.2, 0.25) is 0 Å². The molecule has 1 fully saturated rings. The molecule has 0 aliphatic carbocycles. The standard InChI is InChI=1S/C15H20ClN3/c1-19-6-4-15(10-17,5-7-19)13-9-18-14-8-11(16)2-3-12(13)14/h2-3,8-9,18H,4-7,10,17H2,1H3. The zero-order chi connectivity index (χ0) is 13.5. The summed E-state index contributed by atoms with van der Waals surface area (Å²) >= 11 is 6.05. The number of rotatable bonds is 2. The van der Waals surface area contributed by atoms with Crippen LogP contribution in [0.2, 0.25) is 5.02 Å². The number of nitrogens with one attached hydrogen (secondary N) is 1. The third-order valence-electron chi connectivity index (χ3n) is 4.55. The lowest BCUT2D eigenvalue weighted by Gasteiger charge is -2.40. The number of aromatic nitrogens is 1. The van der Waals surface area contributed by atoms with Crippen LogP contribution in [0.3, 0.4) is 0 Å². The molecule has 1 saturated heterocycles. The molecule has 1 aliphatic heterocycles. The summed E-state index contributed by atoms with van der Waals surface area (Å²) in [7, 11) is 2.18. The van der Waals surface area contributed by atoms with Crippen molar-refractivity contribution in [1.29, 1.82) is 0 Å². The predicted molar refractivity (Wildman–Crippen MR) is 80.8 cm³/mol. The maximum Gasteiger partial charge on any atom is 0.0471 e. The Morgan fingerprint density at radius 3 is 2.79 bits per heavy atom. The zero-order valence-corrected chi connectivity index (χ0v) is 12.0. The van der Waals surface area contributed by atoms with Gasteiger partial charge in [-0.05, 0) is 50.7 Å². The van der Waals surface area contributed by atoms with E-state index in [-0.39, 0.29) is 5.41 Å². The molecule has 1 aromatic carbocycles. The molecular formula is C15H20ClN3. The second-order valence-corrected chi connectivity index (χ2v) is 6.12. The van der Waals surface area contributed by atoms with Crippen molar-refractivity contribution in [2.45, 2.75) is 18.3 Å². The summed E-state index contributed by atoms with van der Waals surface area (Å²) in [5.74, 6) is 0. The van der Waals surface area contributed by atoms with Crippen molar-refractivity contribution in [3.05, 3.63) is 35.0 Å². The number of aromatic amines is 1. The first-order chi connectivity index (χ1) is 9.14. The number of hydrogen-bond donors (Lipinski definition) is 2. The van der Waals surface area contributed by atoms with Crippen LogP contribution < -0.4 is 5.73 Å². The topological polar surface area (TPSA) is 45.0 Å². The van der Waals surface area contributed by atoms with Crippen LogP contribution >= 0.6 is 11.6 Å². The van der Waals surface area contributed by atoms with Gasteiger partial charge < -0.3 is 15.6 Å². The smallest absolute Gasteiger partial charge is 0.0471 e. The monoisotopic (exact) mass is 277 g/mol. The molecule has 0 atom stereocenters.